The molecule has 1 amide bonds. The van der Waals surface area contributed by atoms with Gasteiger partial charge in [-0.1, -0.05) is 13.0 Å². The lowest BCUT2D eigenvalue weighted by Crippen LogP contribution is -2.24. The maximum absolute atomic E-state index is 14.0. The van der Waals surface area contributed by atoms with Gasteiger partial charge in [0.25, 0.3) is 0 Å². The van der Waals surface area contributed by atoms with Gasteiger partial charge in [-0.2, -0.15) is 0 Å². The van der Waals surface area contributed by atoms with Crippen LogP contribution in [0.3, 0.4) is 0 Å². The fraction of sp³-hybridized carbons (Fsp3) is 0.471. The van der Waals surface area contributed by atoms with Crippen LogP contribution in [0.4, 0.5) is 4.39 Å². The maximum Gasteiger partial charge on any atom is 0.219 e. The second-order valence-electron chi connectivity index (χ2n) is 5.62. The molecule has 3 nitrogen and oxygen atoms in total. The van der Waals surface area contributed by atoms with Crippen molar-refractivity contribution in [3.05, 3.63) is 34.6 Å². The largest absolute Gasteiger partial charge is 0.486 e. The minimum absolute atomic E-state index is 0.0811. The number of ether oxygens (including phenoxy) is 1. The Morgan fingerprint density at radius 2 is 2.38 bits per heavy atom. The van der Waals surface area contributed by atoms with E-state index in [0.29, 0.717) is 31.2 Å². The highest BCUT2D eigenvalue weighted by Crippen LogP contribution is 2.43. The summed E-state index contributed by atoms with van der Waals surface area (Å²) in [6.07, 6.45) is 7.23. The van der Waals surface area contributed by atoms with E-state index in [1.54, 1.807) is 6.07 Å². The van der Waals surface area contributed by atoms with Crippen molar-refractivity contribution in [3.63, 3.8) is 0 Å². The first-order chi connectivity index (χ1) is 10.2. The van der Waals surface area contributed by atoms with Crippen molar-refractivity contribution in [2.45, 2.75) is 38.5 Å². The smallest absolute Gasteiger partial charge is 0.219 e. The number of fused-ring (bicyclic) bond motifs is 3. The number of rotatable bonds is 4. The molecule has 1 aliphatic heterocycles. The van der Waals surface area contributed by atoms with Gasteiger partial charge in [-0.05, 0) is 48.4 Å². The van der Waals surface area contributed by atoms with E-state index in [-0.39, 0.29) is 11.7 Å². The molecule has 2 aliphatic rings. The second kappa shape index (κ2) is 5.88. The molecule has 1 heterocycles. The molecule has 4 heteroatoms. The molecule has 0 saturated heterocycles. The topological polar surface area (TPSA) is 38.3 Å². The van der Waals surface area contributed by atoms with Gasteiger partial charge in [-0.3, -0.25) is 4.79 Å². The molecule has 21 heavy (non-hydrogen) atoms. The summed E-state index contributed by atoms with van der Waals surface area (Å²) in [5.74, 6) is 0.587. The van der Waals surface area contributed by atoms with E-state index in [1.165, 1.54) is 5.56 Å². The number of benzene rings is 1. The van der Waals surface area contributed by atoms with Crippen LogP contribution >= 0.6 is 0 Å². The van der Waals surface area contributed by atoms with Gasteiger partial charge in [0.05, 0.1) is 0 Å². The predicted octanol–water partition coefficient (Wildman–Crippen LogP) is 3.18. The Morgan fingerprint density at radius 1 is 1.52 bits per heavy atom. The normalized spacial score (nSPS) is 18.9. The number of hydrogen-bond donors (Lipinski definition) is 1. The summed E-state index contributed by atoms with van der Waals surface area (Å²) in [6, 6.07) is 1.62. The molecule has 0 radical (unpaired) electrons. The fourth-order valence-electron chi connectivity index (χ4n) is 3.29. The van der Waals surface area contributed by atoms with Crippen LogP contribution in [-0.4, -0.2) is 19.1 Å². The highest BCUT2D eigenvalue weighted by molar-refractivity contribution is 5.75. The number of carbonyl (C=O) groups is 1. The van der Waals surface area contributed by atoms with E-state index < -0.39 is 0 Å². The molecule has 0 bridgehead atoms. The van der Waals surface area contributed by atoms with Crippen molar-refractivity contribution in [1.82, 2.24) is 5.32 Å². The van der Waals surface area contributed by atoms with Gasteiger partial charge in [-0.25, -0.2) is 4.39 Å². The minimum Gasteiger partial charge on any atom is -0.486 e. The van der Waals surface area contributed by atoms with Gasteiger partial charge >= 0.3 is 0 Å². The molecule has 1 unspecified atom stereocenters. The van der Waals surface area contributed by atoms with Crippen molar-refractivity contribution in [2.75, 3.05) is 13.2 Å². The Morgan fingerprint density at radius 3 is 3.19 bits per heavy atom. The van der Waals surface area contributed by atoms with Crippen LogP contribution in [0.5, 0.6) is 5.75 Å². The number of carbonyl (C=O) groups excluding carboxylic acids is 1. The summed E-state index contributed by atoms with van der Waals surface area (Å²) in [4.78, 5) is 11.3. The number of aryl methyl sites for hydroxylation is 1. The Bertz CT molecular complexity index is 595. The van der Waals surface area contributed by atoms with Crippen LogP contribution in [0.2, 0.25) is 0 Å². The van der Waals surface area contributed by atoms with Crippen molar-refractivity contribution >= 4 is 12.0 Å². The zero-order valence-electron chi connectivity index (χ0n) is 12.2. The Balaban J connectivity index is 1.81. The molecular formula is C17H20FNO2. The van der Waals surface area contributed by atoms with E-state index in [0.717, 1.165) is 30.4 Å². The quantitative estimate of drug-likeness (QED) is 0.924. The molecule has 1 atom stereocenters. The standard InChI is InChI=1S/C17H20FNO2/c1-2-15(20)19-8-7-11-5-6-12-10-14(18)17-13(16(11)12)4-3-9-21-17/h3-4,10-11H,2,5-9H2,1H3,(H,19,20). The van der Waals surface area contributed by atoms with Crippen LogP contribution in [-0.2, 0) is 11.2 Å². The molecule has 0 saturated carbocycles. The lowest BCUT2D eigenvalue weighted by atomic mass is 9.91. The molecule has 1 aromatic carbocycles. The van der Waals surface area contributed by atoms with Gasteiger partial charge in [0.1, 0.15) is 6.61 Å². The number of amides is 1. The van der Waals surface area contributed by atoms with Gasteiger partial charge < -0.3 is 10.1 Å². The first-order valence-electron chi connectivity index (χ1n) is 7.62. The van der Waals surface area contributed by atoms with Crippen LogP contribution in [0.1, 0.15) is 48.8 Å². The number of nitrogens with one attached hydrogen (secondary N) is 1. The van der Waals surface area contributed by atoms with E-state index in [4.69, 9.17) is 4.74 Å². The van der Waals surface area contributed by atoms with Crippen LogP contribution in [0.15, 0.2) is 12.1 Å². The van der Waals surface area contributed by atoms with Gasteiger partial charge in [0.2, 0.25) is 5.91 Å². The lowest BCUT2D eigenvalue weighted by Gasteiger charge is -2.20. The Hall–Kier alpha value is -1.84. The minimum atomic E-state index is -0.256. The Labute approximate surface area is 124 Å². The molecule has 0 spiro atoms. The molecule has 1 N–H and O–H groups in total. The number of halogens is 1. The first kappa shape index (κ1) is 14.1. The summed E-state index contributed by atoms with van der Waals surface area (Å²) in [6.45, 7) is 2.95. The first-order valence-corrected chi connectivity index (χ1v) is 7.62. The highest BCUT2D eigenvalue weighted by atomic mass is 19.1. The highest BCUT2D eigenvalue weighted by Gasteiger charge is 2.29. The lowest BCUT2D eigenvalue weighted by molar-refractivity contribution is -0.120. The average molecular weight is 289 g/mol. The molecule has 0 aromatic heterocycles. The van der Waals surface area contributed by atoms with Gasteiger partial charge in [-0.15, -0.1) is 0 Å². The van der Waals surface area contributed by atoms with Crippen molar-refractivity contribution in [3.8, 4) is 5.75 Å². The number of hydrogen-bond acceptors (Lipinski definition) is 2. The van der Waals surface area contributed by atoms with E-state index in [1.807, 2.05) is 19.1 Å². The van der Waals surface area contributed by atoms with Crippen molar-refractivity contribution in [1.29, 1.82) is 0 Å². The molecule has 112 valence electrons. The summed E-state index contributed by atoms with van der Waals surface area (Å²) >= 11 is 0. The third kappa shape index (κ3) is 2.67. The molecule has 0 fully saturated rings. The van der Waals surface area contributed by atoms with E-state index in [2.05, 4.69) is 5.32 Å². The maximum atomic E-state index is 14.0. The summed E-state index contributed by atoms with van der Waals surface area (Å²) in [5.41, 5.74) is 3.21. The molecular weight excluding hydrogens is 269 g/mol. The van der Waals surface area contributed by atoms with Gasteiger partial charge in [0.15, 0.2) is 11.6 Å². The molecule has 1 aliphatic carbocycles. The van der Waals surface area contributed by atoms with Crippen LogP contribution in [0.25, 0.3) is 6.08 Å². The molecule has 3 rings (SSSR count). The Kier molecular flexibility index (Phi) is 3.95. The SMILES string of the molecule is CCC(=O)NCCC1CCc2cc(F)c3c(c21)C=CCO3. The third-order valence-corrected chi connectivity index (χ3v) is 4.31. The summed E-state index contributed by atoms with van der Waals surface area (Å²) in [5, 5.41) is 2.92. The van der Waals surface area contributed by atoms with Gasteiger partial charge in [0, 0.05) is 18.5 Å². The fourth-order valence-corrected chi connectivity index (χ4v) is 3.29. The second-order valence-corrected chi connectivity index (χ2v) is 5.62. The third-order valence-electron chi connectivity index (χ3n) is 4.31. The zero-order chi connectivity index (χ0) is 14.8. The van der Waals surface area contributed by atoms with E-state index in [9.17, 15) is 9.18 Å². The monoisotopic (exact) mass is 289 g/mol. The van der Waals surface area contributed by atoms with Crippen molar-refractivity contribution in [2.24, 2.45) is 0 Å². The van der Waals surface area contributed by atoms with Crippen molar-refractivity contribution < 1.29 is 13.9 Å². The molecule has 1 aromatic rings. The van der Waals surface area contributed by atoms with Crippen LogP contribution in [0, 0.1) is 5.82 Å². The average Bonchev–Trinajstić information content (AvgIpc) is 2.90. The summed E-state index contributed by atoms with van der Waals surface area (Å²) in [7, 11) is 0. The predicted molar refractivity (Wildman–Crippen MR) is 79.9 cm³/mol. The van der Waals surface area contributed by atoms with Crippen LogP contribution < -0.4 is 10.1 Å². The zero-order valence-corrected chi connectivity index (χ0v) is 12.2. The summed E-state index contributed by atoms with van der Waals surface area (Å²) < 4.78 is 19.5. The van der Waals surface area contributed by atoms with E-state index >= 15 is 0 Å².